The number of amides is 1. The van der Waals surface area contributed by atoms with Gasteiger partial charge in [-0.05, 0) is 37.3 Å². The molecule has 0 radical (unpaired) electrons. The molecule has 2 heterocycles. The Hall–Kier alpha value is -2.67. The number of H-pyrrole nitrogens is 1. The number of nitrogens with zero attached hydrogens (tertiary/aromatic N) is 2. The van der Waals surface area contributed by atoms with Gasteiger partial charge < -0.3 is 14.8 Å². The van der Waals surface area contributed by atoms with Crippen molar-refractivity contribution in [2.24, 2.45) is 0 Å². The fourth-order valence-electron chi connectivity index (χ4n) is 1.96. The Bertz CT molecular complexity index is 828. The van der Waals surface area contributed by atoms with Crippen LogP contribution in [-0.2, 0) is 0 Å². The third-order valence-electron chi connectivity index (χ3n) is 3.15. The topological polar surface area (TPSA) is 83.8 Å². The number of hydrogen-bond donors (Lipinski definition) is 2. The molecule has 0 saturated carbocycles. The van der Waals surface area contributed by atoms with Gasteiger partial charge in [0.2, 0.25) is 11.7 Å². The van der Waals surface area contributed by atoms with Crippen molar-refractivity contribution in [2.45, 2.75) is 13.0 Å². The summed E-state index contributed by atoms with van der Waals surface area (Å²) in [4.78, 5) is 19.0. The second-order valence-corrected chi connectivity index (χ2v) is 5.33. The van der Waals surface area contributed by atoms with Gasteiger partial charge in [-0.25, -0.2) is 4.39 Å². The zero-order chi connectivity index (χ0) is 16.4. The van der Waals surface area contributed by atoms with E-state index in [1.54, 1.807) is 19.1 Å². The van der Waals surface area contributed by atoms with Crippen molar-refractivity contribution < 1.29 is 13.7 Å². The maximum atomic E-state index is 12.9. The van der Waals surface area contributed by atoms with Crippen LogP contribution in [0.4, 0.5) is 4.39 Å². The van der Waals surface area contributed by atoms with Crippen molar-refractivity contribution in [1.29, 1.82) is 0 Å². The smallest absolute Gasteiger partial charge is 0.268 e. The molecule has 0 unspecified atom stereocenters. The van der Waals surface area contributed by atoms with Crippen LogP contribution >= 0.6 is 11.6 Å². The van der Waals surface area contributed by atoms with E-state index in [0.717, 1.165) is 0 Å². The molecule has 3 rings (SSSR count). The van der Waals surface area contributed by atoms with Gasteiger partial charge in [0, 0.05) is 11.8 Å². The molecule has 8 heteroatoms. The minimum Gasteiger partial charge on any atom is -0.356 e. The monoisotopic (exact) mass is 334 g/mol. The molecule has 1 atom stereocenters. The van der Waals surface area contributed by atoms with Gasteiger partial charge in [-0.2, -0.15) is 4.98 Å². The largest absolute Gasteiger partial charge is 0.356 e. The van der Waals surface area contributed by atoms with Gasteiger partial charge >= 0.3 is 0 Å². The number of hydrogen-bond acceptors (Lipinski definition) is 4. The minimum atomic E-state index is -0.494. The molecule has 0 aliphatic carbocycles. The molecule has 1 amide bonds. The first-order valence-electron chi connectivity index (χ1n) is 6.77. The Labute approximate surface area is 135 Å². The quantitative estimate of drug-likeness (QED) is 0.766. The van der Waals surface area contributed by atoms with E-state index < -0.39 is 6.04 Å². The summed E-state index contributed by atoms with van der Waals surface area (Å²) in [6.07, 6.45) is 1.51. The molecular formula is C15H12ClFN4O2. The molecule has 118 valence electrons. The molecule has 0 fully saturated rings. The lowest BCUT2D eigenvalue weighted by molar-refractivity contribution is 0.0928. The van der Waals surface area contributed by atoms with Crippen molar-refractivity contribution in [1.82, 2.24) is 20.4 Å². The van der Waals surface area contributed by atoms with Gasteiger partial charge in [0.05, 0.1) is 5.02 Å². The summed E-state index contributed by atoms with van der Waals surface area (Å²) >= 11 is 5.76. The number of nitrogens with one attached hydrogen (secondary N) is 2. The lowest BCUT2D eigenvalue weighted by Crippen LogP contribution is -2.27. The van der Waals surface area contributed by atoms with E-state index in [1.807, 2.05) is 0 Å². The summed E-state index contributed by atoms with van der Waals surface area (Å²) < 4.78 is 18.1. The SMILES string of the molecule is C[C@@H](NC(=O)c1cc(Cl)c[nH]1)c1nc(-c2ccc(F)cc2)no1. The first-order chi connectivity index (χ1) is 11.0. The molecular weight excluding hydrogens is 323 g/mol. The predicted molar refractivity (Wildman–Crippen MR) is 81.4 cm³/mol. The van der Waals surface area contributed by atoms with Gasteiger partial charge in [-0.3, -0.25) is 4.79 Å². The van der Waals surface area contributed by atoms with Crippen LogP contribution < -0.4 is 5.32 Å². The van der Waals surface area contributed by atoms with E-state index in [1.165, 1.54) is 24.4 Å². The third-order valence-corrected chi connectivity index (χ3v) is 3.37. The van der Waals surface area contributed by atoms with E-state index in [4.69, 9.17) is 16.1 Å². The minimum absolute atomic E-state index is 0.246. The molecule has 0 bridgehead atoms. The molecule has 1 aromatic carbocycles. The second-order valence-electron chi connectivity index (χ2n) is 4.89. The zero-order valence-electron chi connectivity index (χ0n) is 12.0. The summed E-state index contributed by atoms with van der Waals surface area (Å²) in [7, 11) is 0. The molecule has 23 heavy (non-hydrogen) atoms. The van der Waals surface area contributed by atoms with Crippen LogP contribution in [0.2, 0.25) is 5.02 Å². The highest BCUT2D eigenvalue weighted by molar-refractivity contribution is 6.30. The lowest BCUT2D eigenvalue weighted by atomic mass is 10.2. The van der Waals surface area contributed by atoms with Gasteiger partial charge in [-0.15, -0.1) is 0 Å². The van der Waals surface area contributed by atoms with Crippen LogP contribution in [0.25, 0.3) is 11.4 Å². The van der Waals surface area contributed by atoms with E-state index in [0.29, 0.717) is 22.1 Å². The summed E-state index contributed by atoms with van der Waals surface area (Å²) in [6.45, 7) is 1.71. The maximum absolute atomic E-state index is 12.9. The summed E-state index contributed by atoms with van der Waals surface area (Å²) in [5.41, 5.74) is 0.955. The van der Waals surface area contributed by atoms with Gasteiger partial charge in [-0.1, -0.05) is 16.8 Å². The molecule has 2 N–H and O–H groups in total. The Kier molecular flexibility index (Phi) is 4.12. The van der Waals surface area contributed by atoms with E-state index >= 15 is 0 Å². The number of aromatic nitrogens is 3. The molecule has 0 spiro atoms. The Morgan fingerprint density at radius 1 is 1.39 bits per heavy atom. The highest BCUT2D eigenvalue weighted by Crippen LogP contribution is 2.19. The fraction of sp³-hybridized carbons (Fsp3) is 0.133. The Balaban J connectivity index is 1.72. The standard InChI is InChI=1S/C15H12ClFN4O2/c1-8(19-14(22)12-6-10(16)7-18-12)15-20-13(21-23-15)9-2-4-11(17)5-3-9/h2-8,18H,1H3,(H,19,22)/t8-/m1/s1. The van der Waals surface area contributed by atoms with Crippen molar-refractivity contribution in [2.75, 3.05) is 0 Å². The van der Waals surface area contributed by atoms with Crippen LogP contribution in [0.3, 0.4) is 0 Å². The maximum Gasteiger partial charge on any atom is 0.268 e. The zero-order valence-corrected chi connectivity index (χ0v) is 12.8. The number of halogens is 2. The second kappa shape index (κ2) is 6.21. The van der Waals surface area contributed by atoms with Crippen LogP contribution in [-0.4, -0.2) is 21.0 Å². The summed E-state index contributed by atoms with van der Waals surface area (Å²) in [5.74, 6) is -0.118. The predicted octanol–water partition coefficient (Wildman–Crippen LogP) is 3.35. The average molecular weight is 335 g/mol. The van der Waals surface area contributed by atoms with Crippen molar-refractivity contribution >= 4 is 17.5 Å². The van der Waals surface area contributed by atoms with Crippen LogP contribution in [0.1, 0.15) is 29.3 Å². The number of aromatic amines is 1. The molecule has 0 aliphatic heterocycles. The molecule has 6 nitrogen and oxygen atoms in total. The first kappa shape index (κ1) is 15.2. The molecule has 3 aromatic rings. The average Bonchev–Trinajstić information content (AvgIpc) is 3.17. The number of carbonyl (C=O) groups is 1. The lowest BCUT2D eigenvalue weighted by Gasteiger charge is -2.08. The Morgan fingerprint density at radius 3 is 2.78 bits per heavy atom. The number of benzene rings is 1. The van der Waals surface area contributed by atoms with E-state index in [9.17, 15) is 9.18 Å². The van der Waals surface area contributed by atoms with Gasteiger partial charge in [0.1, 0.15) is 17.6 Å². The summed E-state index contributed by atoms with van der Waals surface area (Å²) in [5, 5.41) is 6.99. The molecule has 2 aromatic heterocycles. The Morgan fingerprint density at radius 2 is 2.13 bits per heavy atom. The molecule has 0 aliphatic rings. The fourth-order valence-corrected chi connectivity index (χ4v) is 2.13. The highest BCUT2D eigenvalue weighted by Gasteiger charge is 2.19. The van der Waals surface area contributed by atoms with Crippen molar-refractivity contribution in [3.63, 3.8) is 0 Å². The van der Waals surface area contributed by atoms with Crippen LogP contribution in [0, 0.1) is 5.82 Å². The highest BCUT2D eigenvalue weighted by atomic mass is 35.5. The first-order valence-corrected chi connectivity index (χ1v) is 7.15. The molecule has 0 saturated heterocycles. The van der Waals surface area contributed by atoms with Crippen molar-refractivity contribution in [3.05, 3.63) is 59.0 Å². The van der Waals surface area contributed by atoms with Crippen molar-refractivity contribution in [3.8, 4) is 11.4 Å². The van der Waals surface area contributed by atoms with Crippen LogP contribution in [0.15, 0.2) is 41.1 Å². The normalized spacial score (nSPS) is 12.1. The summed E-state index contributed by atoms with van der Waals surface area (Å²) in [6, 6.07) is 6.74. The number of rotatable bonds is 4. The third kappa shape index (κ3) is 3.40. The van der Waals surface area contributed by atoms with E-state index in [-0.39, 0.29) is 17.6 Å². The van der Waals surface area contributed by atoms with Gasteiger partial charge in [0.25, 0.3) is 5.91 Å². The van der Waals surface area contributed by atoms with Crippen LogP contribution in [0.5, 0.6) is 0 Å². The van der Waals surface area contributed by atoms with E-state index in [2.05, 4.69) is 20.4 Å². The van der Waals surface area contributed by atoms with Gasteiger partial charge in [0.15, 0.2) is 0 Å². The number of carbonyl (C=O) groups excluding carboxylic acids is 1.